The van der Waals surface area contributed by atoms with Crippen molar-refractivity contribution in [3.05, 3.63) is 17.5 Å². The minimum absolute atomic E-state index is 0.0159. The lowest BCUT2D eigenvalue weighted by atomic mass is 10.0. The molecule has 0 saturated carbocycles. The Balaban J connectivity index is 2.03. The van der Waals surface area contributed by atoms with Crippen LogP contribution in [0, 0.1) is 12.8 Å². The predicted molar refractivity (Wildman–Crippen MR) is 86.0 cm³/mol. The van der Waals surface area contributed by atoms with Gasteiger partial charge in [-0.1, -0.05) is 13.8 Å². The quantitative estimate of drug-likeness (QED) is 0.888. The second-order valence-corrected chi connectivity index (χ2v) is 6.65. The number of aliphatic hydroxyl groups is 1. The Morgan fingerprint density at radius 3 is 2.36 bits per heavy atom. The second kappa shape index (κ2) is 7.55. The molecule has 2 heterocycles. The molecule has 6 nitrogen and oxygen atoms in total. The van der Waals surface area contributed by atoms with Crippen molar-refractivity contribution < 1.29 is 23.1 Å². The van der Waals surface area contributed by atoms with Crippen molar-refractivity contribution >= 4 is 11.9 Å². The van der Waals surface area contributed by atoms with Gasteiger partial charge in [0.1, 0.15) is 11.8 Å². The lowest BCUT2D eigenvalue weighted by Gasteiger charge is -2.36. The molecular weight excluding hydrogens is 337 g/mol. The fraction of sp³-hybridized carbons (Fsp3) is 0.688. The van der Waals surface area contributed by atoms with Gasteiger partial charge in [0.2, 0.25) is 5.95 Å². The van der Waals surface area contributed by atoms with Crippen LogP contribution in [-0.4, -0.2) is 58.2 Å². The van der Waals surface area contributed by atoms with Gasteiger partial charge in [0, 0.05) is 31.9 Å². The van der Waals surface area contributed by atoms with E-state index in [0.717, 1.165) is 6.07 Å². The molecule has 1 aromatic heterocycles. The molecule has 1 amide bonds. The molecule has 140 valence electrons. The first-order chi connectivity index (χ1) is 11.6. The van der Waals surface area contributed by atoms with Crippen molar-refractivity contribution in [3.8, 4) is 0 Å². The van der Waals surface area contributed by atoms with Crippen molar-refractivity contribution in [2.75, 3.05) is 31.1 Å². The van der Waals surface area contributed by atoms with Crippen molar-refractivity contribution in [1.82, 2.24) is 14.9 Å². The number of piperazine rings is 1. The van der Waals surface area contributed by atoms with Crippen LogP contribution >= 0.6 is 0 Å². The summed E-state index contributed by atoms with van der Waals surface area (Å²) in [5.74, 6) is -0.127. The van der Waals surface area contributed by atoms with E-state index < -0.39 is 18.0 Å². The van der Waals surface area contributed by atoms with Gasteiger partial charge in [-0.05, 0) is 25.3 Å². The SMILES string of the molecule is Cc1cc(C(F)(F)F)nc(N2CCN(C(=O)[C@@H](O)CC(C)C)CC2)n1. The Morgan fingerprint density at radius 2 is 1.84 bits per heavy atom. The zero-order valence-electron chi connectivity index (χ0n) is 14.5. The molecule has 1 aliphatic rings. The molecule has 0 radical (unpaired) electrons. The van der Waals surface area contributed by atoms with E-state index >= 15 is 0 Å². The summed E-state index contributed by atoms with van der Waals surface area (Å²) in [5.41, 5.74) is -0.732. The molecule has 1 atom stereocenters. The summed E-state index contributed by atoms with van der Waals surface area (Å²) in [6.45, 7) is 6.59. The van der Waals surface area contributed by atoms with Crippen molar-refractivity contribution in [3.63, 3.8) is 0 Å². The minimum atomic E-state index is -4.53. The third-order valence-corrected chi connectivity index (χ3v) is 3.99. The van der Waals surface area contributed by atoms with Gasteiger partial charge >= 0.3 is 6.18 Å². The number of anilines is 1. The van der Waals surface area contributed by atoms with Crippen LogP contribution in [0.15, 0.2) is 6.07 Å². The number of hydrogen-bond donors (Lipinski definition) is 1. The summed E-state index contributed by atoms with van der Waals surface area (Å²) < 4.78 is 38.7. The maximum Gasteiger partial charge on any atom is 0.433 e. The average molecular weight is 360 g/mol. The fourth-order valence-corrected chi connectivity index (χ4v) is 2.72. The summed E-state index contributed by atoms with van der Waals surface area (Å²) in [6, 6.07) is 0.908. The highest BCUT2D eigenvalue weighted by atomic mass is 19.4. The Labute approximate surface area is 144 Å². The smallest absolute Gasteiger partial charge is 0.383 e. The van der Waals surface area contributed by atoms with E-state index in [1.807, 2.05) is 13.8 Å². The standard InChI is InChI=1S/C16H23F3N4O2/c1-10(2)8-12(24)14(25)22-4-6-23(7-5-22)15-20-11(3)9-13(21-15)16(17,18)19/h9-10,12,24H,4-8H2,1-3H3/t12-/m0/s1. The Kier molecular flexibility index (Phi) is 5.87. The molecule has 2 rings (SSSR count). The van der Waals surface area contributed by atoms with Crippen molar-refractivity contribution in [1.29, 1.82) is 0 Å². The number of aryl methyl sites for hydroxylation is 1. The molecular formula is C16H23F3N4O2. The molecule has 0 bridgehead atoms. The number of amides is 1. The van der Waals surface area contributed by atoms with E-state index in [0.29, 0.717) is 32.6 Å². The molecule has 0 aromatic carbocycles. The summed E-state index contributed by atoms with van der Waals surface area (Å²) in [4.78, 5) is 23.0. The number of hydrogen-bond acceptors (Lipinski definition) is 5. The van der Waals surface area contributed by atoms with E-state index in [4.69, 9.17) is 0 Å². The summed E-state index contributed by atoms with van der Waals surface area (Å²) in [7, 11) is 0. The molecule has 1 saturated heterocycles. The van der Waals surface area contributed by atoms with Crippen LogP contribution < -0.4 is 4.90 Å². The minimum Gasteiger partial charge on any atom is -0.383 e. The monoisotopic (exact) mass is 360 g/mol. The second-order valence-electron chi connectivity index (χ2n) is 6.65. The van der Waals surface area contributed by atoms with E-state index in [1.165, 1.54) is 11.8 Å². The normalized spacial score (nSPS) is 17.1. The fourth-order valence-electron chi connectivity index (χ4n) is 2.72. The third kappa shape index (κ3) is 5.04. The number of halogens is 3. The third-order valence-electron chi connectivity index (χ3n) is 3.99. The molecule has 1 fully saturated rings. The van der Waals surface area contributed by atoms with Gasteiger partial charge in [-0.3, -0.25) is 4.79 Å². The zero-order chi connectivity index (χ0) is 18.8. The number of aromatic nitrogens is 2. The van der Waals surface area contributed by atoms with Crippen LogP contribution in [0.1, 0.15) is 31.7 Å². The van der Waals surface area contributed by atoms with Crippen LogP contribution in [0.25, 0.3) is 0 Å². The zero-order valence-corrected chi connectivity index (χ0v) is 14.5. The highest BCUT2D eigenvalue weighted by Crippen LogP contribution is 2.29. The Hall–Kier alpha value is -1.90. The number of nitrogens with zero attached hydrogens (tertiary/aromatic N) is 4. The number of alkyl halides is 3. The first-order valence-electron chi connectivity index (χ1n) is 8.22. The lowest BCUT2D eigenvalue weighted by Crippen LogP contribution is -2.52. The van der Waals surface area contributed by atoms with Crippen LogP contribution in [0.4, 0.5) is 19.1 Å². The van der Waals surface area contributed by atoms with E-state index in [-0.39, 0.29) is 23.5 Å². The van der Waals surface area contributed by atoms with Crippen LogP contribution in [0.3, 0.4) is 0 Å². The molecule has 1 aromatic rings. The number of carbonyl (C=O) groups is 1. The van der Waals surface area contributed by atoms with Gasteiger partial charge in [-0.2, -0.15) is 13.2 Å². The van der Waals surface area contributed by atoms with E-state index in [2.05, 4.69) is 9.97 Å². The van der Waals surface area contributed by atoms with Gasteiger partial charge in [-0.25, -0.2) is 9.97 Å². The number of carbonyl (C=O) groups excluding carboxylic acids is 1. The van der Waals surface area contributed by atoms with Crippen LogP contribution in [0.2, 0.25) is 0 Å². The topological polar surface area (TPSA) is 69.6 Å². The highest BCUT2D eigenvalue weighted by Gasteiger charge is 2.34. The first kappa shape index (κ1) is 19.4. The molecule has 9 heteroatoms. The Morgan fingerprint density at radius 1 is 1.24 bits per heavy atom. The maximum absolute atomic E-state index is 12.9. The molecule has 0 spiro atoms. The Bertz CT molecular complexity index is 614. The van der Waals surface area contributed by atoms with Crippen LogP contribution in [0.5, 0.6) is 0 Å². The largest absolute Gasteiger partial charge is 0.433 e. The lowest BCUT2D eigenvalue weighted by molar-refractivity contribution is -0.141. The molecule has 0 unspecified atom stereocenters. The maximum atomic E-state index is 12.9. The van der Waals surface area contributed by atoms with Gasteiger partial charge in [0.05, 0.1) is 0 Å². The van der Waals surface area contributed by atoms with Crippen LogP contribution in [-0.2, 0) is 11.0 Å². The summed E-state index contributed by atoms with van der Waals surface area (Å²) in [6.07, 6.45) is -5.19. The molecule has 1 aliphatic heterocycles. The summed E-state index contributed by atoms with van der Waals surface area (Å²) in [5, 5.41) is 9.93. The number of rotatable bonds is 4. The van der Waals surface area contributed by atoms with Gasteiger partial charge in [0.25, 0.3) is 5.91 Å². The van der Waals surface area contributed by atoms with Gasteiger partial charge < -0.3 is 14.9 Å². The van der Waals surface area contributed by atoms with E-state index in [1.54, 1.807) is 4.90 Å². The van der Waals surface area contributed by atoms with Crippen molar-refractivity contribution in [2.45, 2.75) is 39.5 Å². The number of aliphatic hydroxyl groups excluding tert-OH is 1. The first-order valence-corrected chi connectivity index (χ1v) is 8.22. The average Bonchev–Trinajstić information content (AvgIpc) is 2.52. The van der Waals surface area contributed by atoms with E-state index in [9.17, 15) is 23.1 Å². The van der Waals surface area contributed by atoms with Crippen molar-refractivity contribution in [2.24, 2.45) is 5.92 Å². The van der Waals surface area contributed by atoms with Gasteiger partial charge in [0.15, 0.2) is 0 Å². The van der Waals surface area contributed by atoms with Gasteiger partial charge in [-0.15, -0.1) is 0 Å². The molecule has 25 heavy (non-hydrogen) atoms. The predicted octanol–water partition coefficient (Wildman–Crippen LogP) is 1.86. The highest BCUT2D eigenvalue weighted by molar-refractivity contribution is 5.80. The molecule has 1 N–H and O–H groups in total. The molecule has 0 aliphatic carbocycles. The summed E-state index contributed by atoms with van der Waals surface area (Å²) >= 11 is 0.